The monoisotopic (exact) mass is 295 g/mol. The van der Waals surface area contributed by atoms with Gasteiger partial charge in [-0.2, -0.15) is 0 Å². The van der Waals surface area contributed by atoms with E-state index in [-0.39, 0.29) is 5.91 Å². The zero-order chi connectivity index (χ0) is 13.8. The summed E-state index contributed by atoms with van der Waals surface area (Å²) in [7, 11) is 5.48. The van der Waals surface area contributed by atoms with E-state index in [0.717, 1.165) is 10.7 Å². The minimum Gasteiger partial charge on any atom is -0.348 e. The van der Waals surface area contributed by atoms with Gasteiger partial charge < -0.3 is 4.90 Å². The van der Waals surface area contributed by atoms with Gasteiger partial charge in [0.15, 0.2) is 0 Å². The van der Waals surface area contributed by atoms with Gasteiger partial charge >= 0.3 is 0 Å². The van der Waals surface area contributed by atoms with Crippen molar-refractivity contribution in [1.82, 2.24) is 14.8 Å². The standard InChI is InChI=1S/C13H17N3OS2/c1-15(2)12(17)8-16(3)7-10-9-19-13(14-10)11-5-4-6-18-11/h4-6,9H,7-8H2,1-3H3. The fourth-order valence-electron chi connectivity index (χ4n) is 1.60. The smallest absolute Gasteiger partial charge is 0.236 e. The Morgan fingerprint density at radius 3 is 2.74 bits per heavy atom. The first-order chi connectivity index (χ1) is 9.06. The van der Waals surface area contributed by atoms with Crippen molar-refractivity contribution in [2.24, 2.45) is 0 Å². The van der Waals surface area contributed by atoms with Gasteiger partial charge in [0.1, 0.15) is 5.01 Å². The normalized spacial score (nSPS) is 10.9. The molecule has 0 aromatic carbocycles. The minimum absolute atomic E-state index is 0.108. The first kappa shape index (κ1) is 14.2. The maximum Gasteiger partial charge on any atom is 0.236 e. The van der Waals surface area contributed by atoms with Crippen LogP contribution in [0.4, 0.5) is 0 Å². The Morgan fingerprint density at radius 2 is 2.11 bits per heavy atom. The molecule has 0 radical (unpaired) electrons. The van der Waals surface area contributed by atoms with E-state index in [1.807, 2.05) is 18.0 Å². The van der Waals surface area contributed by atoms with Crippen molar-refractivity contribution in [2.75, 3.05) is 27.7 Å². The fourth-order valence-corrected chi connectivity index (χ4v) is 3.22. The lowest BCUT2D eigenvalue weighted by molar-refractivity contribution is -0.129. The lowest BCUT2D eigenvalue weighted by Gasteiger charge is -2.17. The van der Waals surface area contributed by atoms with E-state index in [1.165, 1.54) is 4.88 Å². The Balaban J connectivity index is 1.95. The third-order valence-electron chi connectivity index (χ3n) is 2.62. The highest BCUT2D eigenvalue weighted by atomic mass is 32.1. The fraction of sp³-hybridized carbons (Fsp3) is 0.385. The number of aromatic nitrogens is 1. The Morgan fingerprint density at radius 1 is 1.32 bits per heavy atom. The van der Waals surface area contributed by atoms with Crippen molar-refractivity contribution in [2.45, 2.75) is 6.54 Å². The van der Waals surface area contributed by atoms with Crippen LogP contribution in [0.1, 0.15) is 5.69 Å². The van der Waals surface area contributed by atoms with Gasteiger partial charge in [0, 0.05) is 26.0 Å². The summed E-state index contributed by atoms with van der Waals surface area (Å²) < 4.78 is 0. The molecule has 2 heterocycles. The molecule has 2 aromatic heterocycles. The first-order valence-corrected chi connectivity index (χ1v) is 7.69. The van der Waals surface area contributed by atoms with Gasteiger partial charge in [-0.15, -0.1) is 22.7 Å². The molecule has 0 aliphatic rings. The summed E-state index contributed by atoms with van der Waals surface area (Å²) in [4.78, 5) is 21.0. The van der Waals surface area contributed by atoms with Crippen LogP contribution >= 0.6 is 22.7 Å². The molecule has 0 bridgehead atoms. The highest BCUT2D eigenvalue weighted by Crippen LogP contribution is 2.27. The minimum atomic E-state index is 0.108. The molecule has 0 unspecified atom stereocenters. The van der Waals surface area contributed by atoms with Gasteiger partial charge in [-0.1, -0.05) is 6.07 Å². The van der Waals surface area contributed by atoms with Gasteiger partial charge in [0.05, 0.1) is 17.1 Å². The zero-order valence-corrected chi connectivity index (χ0v) is 12.9. The van der Waals surface area contributed by atoms with Gasteiger partial charge in [-0.25, -0.2) is 4.98 Å². The molecule has 102 valence electrons. The topological polar surface area (TPSA) is 36.4 Å². The number of thiazole rings is 1. The van der Waals surface area contributed by atoms with Crippen LogP contribution in [0.2, 0.25) is 0 Å². The number of amides is 1. The molecule has 0 fully saturated rings. The molecular formula is C13H17N3OS2. The summed E-state index contributed by atoms with van der Waals surface area (Å²) >= 11 is 3.35. The highest BCUT2D eigenvalue weighted by molar-refractivity contribution is 7.20. The van der Waals surface area contributed by atoms with E-state index in [4.69, 9.17) is 0 Å². The molecule has 0 N–H and O–H groups in total. The van der Waals surface area contributed by atoms with Crippen LogP contribution < -0.4 is 0 Å². The van der Waals surface area contributed by atoms with Crippen LogP contribution in [0.15, 0.2) is 22.9 Å². The Hall–Kier alpha value is -1.24. The number of likely N-dealkylation sites (N-methyl/N-ethyl adjacent to an activating group) is 2. The quantitative estimate of drug-likeness (QED) is 0.850. The molecule has 0 atom stereocenters. The summed E-state index contributed by atoms with van der Waals surface area (Å²) in [5.41, 5.74) is 1.02. The number of thiophene rings is 1. The van der Waals surface area contributed by atoms with Gasteiger partial charge in [0.2, 0.25) is 5.91 Å². The lowest BCUT2D eigenvalue weighted by Crippen LogP contribution is -2.34. The molecule has 6 heteroatoms. The molecule has 0 aliphatic carbocycles. The molecule has 0 aliphatic heterocycles. The molecule has 0 spiro atoms. The summed E-state index contributed by atoms with van der Waals surface area (Å²) in [6.07, 6.45) is 0. The Labute approximate surface area is 121 Å². The van der Waals surface area contributed by atoms with E-state index >= 15 is 0 Å². The highest BCUT2D eigenvalue weighted by Gasteiger charge is 2.11. The largest absolute Gasteiger partial charge is 0.348 e. The average Bonchev–Trinajstić information content (AvgIpc) is 2.97. The van der Waals surface area contributed by atoms with Crippen LogP contribution in [0.5, 0.6) is 0 Å². The van der Waals surface area contributed by atoms with E-state index < -0.39 is 0 Å². The first-order valence-electron chi connectivity index (χ1n) is 5.93. The predicted molar refractivity (Wildman–Crippen MR) is 80.5 cm³/mol. The van der Waals surface area contributed by atoms with E-state index in [0.29, 0.717) is 13.1 Å². The number of carbonyl (C=O) groups is 1. The average molecular weight is 295 g/mol. The van der Waals surface area contributed by atoms with Crippen LogP contribution in [0, 0.1) is 0 Å². The third kappa shape index (κ3) is 3.86. The Kier molecular flexibility index (Phi) is 4.68. The van der Waals surface area contributed by atoms with E-state index in [9.17, 15) is 4.79 Å². The van der Waals surface area contributed by atoms with E-state index in [2.05, 4.69) is 21.8 Å². The van der Waals surface area contributed by atoms with Crippen molar-refractivity contribution < 1.29 is 4.79 Å². The molecule has 4 nitrogen and oxygen atoms in total. The SMILES string of the molecule is CN(CC(=O)N(C)C)Cc1csc(-c2cccs2)n1. The van der Waals surface area contributed by atoms with Crippen LogP contribution in [-0.4, -0.2) is 48.4 Å². The number of nitrogens with zero attached hydrogens (tertiary/aromatic N) is 3. The number of carbonyl (C=O) groups excluding carboxylic acids is 1. The van der Waals surface area contributed by atoms with Crippen LogP contribution in [0.3, 0.4) is 0 Å². The van der Waals surface area contributed by atoms with E-state index in [1.54, 1.807) is 41.7 Å². The number of rotatable bonds is 5. The van der Waals surface area contributed by atoms with Crippen LogP contribution in [0.25, 0.3) is 9.88 Å². The third-order valence-corrected chi connectivity index (χ3v) is 4.55. The van der Waals surface area contributed by atoms with Crippen molar-refractivity contribution in [3.63, 3.8) is 0 Å². The van der Waals surface area contributed by atoms with Crippen LogP contribution in [-0.2, 0) is 11.3 Å². The molecule has 0 saturated carbocycles. The van der Waals surface area contributed by atoms with Crippen molar-refractivity contribution >= 4 is 28.6 Å². The zero-order valence-electron chi connectivity index (χ0n) is 11.3. The van der Waals surface area contributed by atoms with Crippen molar-refractivity contribution in [3.8, 4) is 9.88 Å². The number of hydrogen-bond acceptors (Lipinski definition) is 5. The van der Waals surface area contributed by atoms with Gasteiger partial charge in [-0.3, -0.25) is 9.69 Å². The lowest BCUT2D eigenvalue weighted by atomic mass is 10.4. The maximum absolute atomic E-state index is 11.6. The maximum atomic E-state index is 11.6. The summed E-state index contributed by atoms with van der Waals surface area (Å²) in [5, 5.41) is 5.17. The molecule has 1 amide bonds. The molecule has 19 heavy (non-hydrogen) atoms. The summed E-state index contributed by atoms with van der Waals surface area (Å²) in [5.74, 6) is 0.108. The van der Waals surface area contributed by atoms with Gasteiger partial charge in [-0.05, 0) is 18.5 Å². The second kappa shape index (κ2) is 6.27. The Bertz CT molecular complexity index is 534. The van der Waals surface area contributed by atoms with Crippen molar-refractivity contribution in [3.05, 3.63) is 28.6 Å². The second-order valence-electron chi connectivity index (χ2n) is 4.58. The molecule has 0 saturated heterocycles. The summed E-state index contributed by atoms with van der Waals surface area (Å²) in [6.45, 7) is 1.11. The second-order valence-corrected chi connectivity index (χ2v) is 6.39. The predicted octanol–water partition coefficient (Wildman–Crippen LogP) is 2.39. The summed E-state index contributed by atoms with van der Waals surface area (Å²) in [6, 6.07) is 4.11. The molecule has 2 rings (SSSR count). The molecular weight excluding hydrogens is 278 g/mol. The van der Waals surface area contributed by atoms with Gasteiger partial charge in [0.25, 0.3) is 0 Å². The van der Waals surface area contributed by atoms with Crippen molar-refractivity contribution in [1.29, 1.82) is 0 Å². The molecule has 2 aromatic rings. The number of hydrogen-bond donors (Lipinski definition) is 0.